The smallest absolute Gasteiger partial charge is 0.225 e. The Hall–Kier alpha value is -2.35. The third-order valence-corrected chi connectivity index (χ3v) is 4.63. The van der Waals surface area contributed by atoms with Gasteiger partial charge in [-0.1, -0.05) is 0 Å². The Balaban J connectivity index is 1.68. The zero-order chi connectivity index (χ0) is 16.7. The maximum Gasteiger partial charge on any atom is 0.225 e. The second-order valence-corrected chi connectivity index (χ2v) is 6.58. The van der Waals surface area contributed by atoms with Gasteiger partial charge in [-0.05, 0) is 6.42 Å². The Morgan fingerprint density at radius 3 is 2.75 bits per heavy atom. The molecule has 2 aliphatic rings. The van der Waals surface area contributed by atoms with E-state index in [0.717, 1.165) is 24.2 Å². The van der Waals surface area contributed by atoms with E-state index in [-0.39, 0.29) is 5.41 Å². The van der Waals surface area contributed by atoms with Crippen molar-refractivity contribution in [3.05, 3.63) is 35.7 Å². The summed E-state index contributed by atoms with van der Waals surface area (Å²) in [6, 6.07) is 0. The summed E-state index contributed by atoms with van der Waals surface area (Å²) in [6.07, 6.45) is 5.15. The van der Waals surface area contributed by atoms with Crippen molar-refractivity contribution in [2.75, 3.05) is 43.6 Å². The van der Waals surface area contributed by atoms with Crippen molar-refractivity contribution in [1.82, 2.24) is 19.9 Å². The van der Waals surface area contributed by atoms with Crippen LogP contribution in [0.2, 0.25) is 0 Å². The molecule has 0 radical (unpaired) electrons. The van der Waals surface area contributed by atoms with E-state index in [0.29, 0.717) is 31.7 Å². The van der Waals surface area contributed by atoms with E-state index in [1.807, 2.05) is 25.2 Å². The monoisotopic (exact) mass is 330 g/mol. The largest absolute Gasteiger partial charge is 0.376 e. The van der Waals surface area contributed by atoms with Gasteiger partial charge in [-0.15, -0.1) is 0 Å². The molecule has 0 N–H and O–H groups in total. The van der Waals surface area contributed by atoms with Crippen LogP contribution in [-0.2, 0) is 16.8 Å². The first-order valence-corrected chi connectivity index (χ1v) is 7.91. The van der Waals surface area contributed by atoms with Crippen molar-refractivity contribution in [3.63, 3.8) is 0 Å². The van der Waals surface area contributed by atoms with E-state index in [1.54, 1.807) is 0 Å². The van der Waals surface area contributed by atoms with Crippen molar-refractivity contribution >= 4 is 11.9 Å². The van der Waals surface area contributed by atoms with Crippen molar-refractivity contribution in [2.45, 2.75) is 18.4 Å². The minimum atomic E-state index is -0.428. The maximum absolute atomic E-state index is 13.1. The molecule has 7 nitrogen and oxygen atoms in total. The lowest BCUT2D eigenvalue weighted by Gasteiger charge is -2.34. The molecular weight excluding hydrogens is 311 g/mol. The Morgan fingerprint density at radius 1 is 1.21 bits per heavy atom. The summed E-state index contributed by atoms with van der Waals surface area (Å²) in [5.74, 6) is 0.816. The molecule has 4 heterocycles. The van der Waals surface area contributed by atoms with Gasteiger partial charge in [-0.3, -0.25) is 0 Å². The molecule has 1 spiro atoms. The van der Waals surface area contributed by atoms with E-state index in [2.05, 4.69) is 19.9 Å². The molecule has 4 rings (SSSR count). The molecule has 1 fully saturated rings. The molecule has 2 aromatic heterocycles. The average Bonchev–Trinajstić information content (AvgIpc) is 3.00. The van der Waals surface area contributed by atoms with Crippen molar-refractivity contribution in [1.29, 1.82) is 0 Å². The number of hydrogen-bond donors (Lipinski definition) is 0. The Morgan fingerprint density at radius 2 is 2.00 bits per heavy atom. The van der Waals surface area contributed by atoms with Crippen LogP contribution < -0.4 is 9.80 Å². The van der Waals surface area contributed by atoms with Gasteiger partial charge in [0.25, 0.3) is 0 Å². The predicted molar refractivity (Wildman–Crippen MR) is 86.5 cm³/mol. The van der Waals surface area contributed by atoms with Crippen LogP contribution in [-0.4, -0.2) is 53.7 Å². The number of anilines is 2. The average molecular weight is 330 g/mol. The van der Waals surface area contributed by atoms with E-state index >= 15 is 0 Å². The molecule has 1 atom stereocenters. The zero-order valence-corrected chi connectivity index (χ0v) is 13.7. The minimum Gasteiger partial charge on any atom is -0.376 e. The van der Waals surface area contributed by atoms with Gasteiger partial charge in [0, 0.05) is 38.9 Å². The first-order chi connectivity index (χ1) is 11.6. The van der Waals surface area contributed by atoms with Crippen LogP contribution in [0, 0.1) is 5.82 Å². The SMILES string of the molecule is CN(C)c1ncc2c(n1)[C@@]1(CCN(c3ncc(F)cn3)C1)COC2. The highest BCUT2D eigenvalue weighted by atomic mass is 19.1. The molecule has 0 aromatic carbocycles. The van der Waals surface area contributed by atoms with Crippen molar-refractivity contribution < 1.29 is 9.13 Å². The van der Waals surface area contributed by atoms with Gasteiger partial charge >= 0.3 is 0 Å². The van der Waals surface area contributed by atoms with Crippen LogP contribution in [0.3, 0.4) is 0 Å². The normalized spacial score (nSPS) is 22.7. The number of rotatable bonds is 2. The van der Waals surface area contributed by atoms with Crippen LogP contribution >= 0.6 is 0 Å². The topological polar surface area (TPSA) is 67.3 Å². The second kappa shape index (κ2) is 5.62. The predicted octanol–water partition coefficient (Wildman–Crippen LogP) is 1.15. The van der Waals surface area contributed by atoms with Crippen molar-refractivity contribution in [2.24, 2.45) is 0 Å². The van der Waals surface area contributed by atoms with Gasteiger partial charge in [0.1, 0.15) is 0 Å². The van der Waals surface area contributed by atoms with Crippen molar-refractivity contribution in [3.8, 4) is 0 Å². The molecule has 2 aromatic rings. The Kier molecular flexibility index (Phi) is 3.56. The number of fused-ring (bicyclic) bond motifs is 2. The first-order valence-electron chi connectivity index (χ1n) is 7.91. The zero-order valence-electron chi connectivity index (χ0n) is 13.7. The molecule has 1 saturated heterocycles. The van der Waals surface area contributed by atoms with E-state index < -0.39 is 5.82 Å². The van der Waals surface area contributed by atoms with Crippen LogP contribution in [0.1, 0.15) is 17.7 Å². The molecule has 0 aliphatic carbocycles. The first kappa shape index (κ1) is 15.2. The summed E-state index contributed by atoms with van der Waals surface area (Å²) < 4.78 is 18.9. The number of halogens is 1. The van der Waals surface area contributed by atoms with Gasteiger partial charge in [-0.25, -0.2) is 24.3 Å². The highest BCUT2D eigenvalue weighted by molar-refractivity contribution is 5.42. The quantitative estimate of drug-likeness (QED) is 0.818. The van der Waals surface area contributed by atoms with Gasteiger partial charge in [0.15, 0.2) is 5.82 Å². The highest BCUT2D eigenvalue weighted by Crippen LogP contribution is 2.40. The molecule has 24 heavy (non-hydrogen) atoms. The van der Waals surface area contributed by atoms with E-state index in [9.17, 15) is 4.39 Å². The third-order valence-electron chi connectivity index (χ3n) is 4.63. The summed E-state index contributed by atoms with van der Waals surface area (Å²) in [4.78, 5) is 21.3. The minimum absolute atomic E-state index is 0.195. The fourth-order valence-corrected chi connectivity index (χ4v) is 3.43. The summed E-state index contributed by atoms with van der Waals surface area (Å²) in [5.41, 5.74) is 1.89. The summed E-state index contributed by atoms with van der Waals surface area (Å²) in [7, 11) is 3.86. The molecule has 126 valence electrons. The van der Waals surface area contributed by atoms with Gasteiger partial charge in [0.05, 0.1) is 36.7 Å². The molecule has 0 amide bonds. The molecular formula is C16H19FN6O. The number of aromatic nitrogens is 4. The maximum atomic E-state index is 13.1. The Bertz CT molecular complexity index is 753. The Labute approximate surface area is 139 Å². The van der Waals surface area contributed by atoms with Crippen LogP contribution in [0.4, 0.5) is 16.3 Å². The lowest BCUT2D eigenvalue weighted by molar-refractivity contribution is 0.0557. The molecule has 0 bridgehead atoms. The molecule has 8 heteroatoms. The van der Waals surface area contributed by atoms with E-state index in [4.69, 9.17) is 9.72 Å². The lowest BCUT2D eigenvalue weighted by atomic mass is 9.80. The summed E-state index contributed by atoms with van der Waals surface area (Å²) in [6.45, 7) is 2.64. The van der Waals surface area contributed by atoms with Gasteiger partial charge < -0.3 is 14.5 Å². The van der Waals surface area contributed by atoms with Crippen LogP contribution in [0.25, 0.3) is 0 Å². The highest BCUT2D eigenvalue weighted by Gasteiger charge is 2.45. The van der Waals surface area contributed by atoms with Crippen LogP contribution in [0.5, 0.6) is 0 Å². The third kappa shape index (κ3) is 2.47. The van der Waals surface area contributed by atoms with E-state index in [1.165, 1.54) is 12.4 Å². The standard InChI is InChI=1S/C16H19FN6O/c1-22(2)15-18-5-11-8-24-10-16(13(11)21-15)3-4-23(9-16)14-19-6-12(17)7-20-14/h5-7H,3-4,8-10H2,1-2H3/t16-/m1/s1. The molecule has 0 unspecified atom stereocenters. The van der Waals surface area contributed by atoms with Crippen LogP contribution in [0.15, 0.2) is 18.6 Å². The molecule has 2 aliphatic heterocycles. The van der Waals surface area contributed by atoms with Gasteiger partial charge in [0.2, 0.25) is 11.9 Å². The fraction of sp³-hybridized carbons (Fsp3) is 0.500. The number of ether oxygens (including phenoxy) is 1. The molecule has 0 saturated carbocycles. The van der Waals surface area contributed by atoms with Gasteiger partial charge in [-0.2, -0.15) is 0 Å². The second-order valence-electron chi connectivity index (χ2n) is 6.58. The lowest BCUT2D eigenvalue weighted by Crippen LogP contribution is -2.41. The number of nitrogens with zero attached hydrogens (tertiary/aromatic N) is 6. The summed E-state index contributed by atoms with van der Waals surface area (Å²) >= 11 is 0. The number of hydrogen-bond acceptors (Lipinski definition) is 7. The fourth-order valence-electron chi connectivity index (χ4n) is 3.43. The summed E-state index contributed by atoms with van der Waals surface area (Å²) in [5, 5.41) is 0.